The van der Waals surface area contributed by atoms with Crippen LogP contribution in [0.15, 0.2) is 34.9 Å². The van der Waals surface area contributed by atoms with Gasteiger partial charge in [-0.3, -0.25) is 36.8 Å². The van der Waals surface area contributed by atoms with Gasteiger partial charge in [-0.25, -0.2) is 29.1 Å². The summed E-state index contributed by atoms with van der Waals surface area (Å²) < 4.78 is 60.7. The van der Waals surface area contributed by atoms with Crippen LogP contribution in [0.3, 0.4) is 0 Å². The van der Waals surface area contributed by atoms with Crippen LogP contribution in [0, 0.1) is 0 Å². The molecule has 2 bridgehead atoms. The van der Waals surface area contributed by atoms with E-state index in [0.717, 1.165) is 34.4 Å². The summed E-state index contributed by atoms with van der Waals surface area (Å²) in [5, 5.41) is 22.0. The van der Waals surface area contributed by atoms with Crippen molar-refractivity contribution in [3.8, 4) is 0 Å². The lowest BCUT2D eigenvalue weighted by atomic mass is 10.1. The van der Waals surface area contributed by atoms with E-state index in [4.69, 9.17) is 27.6 Å². The zero-order chi connectivity index (χ0) is 42.4. The maximum absolute atomic E-state index is 13.1. The van der Waals surface area contributed by atoms with Crippen molar-refractivity contribution in [2.75, 3.05) is 52.5 Å². The Bertz CT molecular complexity index is 2140. The molecule has 6 N–H and O–H groups in total. The first-order valence-electron chi connectivity index (χ1n) is 18.9. The van der Waals surface area contributed by atoms with E-state index in [-0.39, 0.29) is 22.3 Å². The summed E-state index contributed by atoms with van der Waals surface area (Å²) >= 11 is 0. The first kappa shape index (κ1) is 45.8. The maximum atomic E-state index is 13.1. The molecule has 3 fully saturated rings. The van der Waals surface area contributed by atoms with Crippen molar-refractivity contribution in [3.05, 3.63) is 46.0 Å². The van der Waals surface area contributed by atoms with Crippen LogP contribution >= 0.6 is 15.6 Å². The van der Waals surface area contributed by atoms with Crippen LogP contribution in [-0.4, -0.2) is 158 Å². The number of hydrogen-bond acceptors (Lipinski definition) is 18. The minimum Gasteiger partial charge on any atom is -0.387 e. The predicted octanol–water partition coefficient (Wildman–Crippen LogP) is 0.484. The van der Waals surface area contributed by atoms with Gasteiger partial charge in [-0.1, -0.05) is 41.5 Å². The highest BCUT2D eigenvalue weighted by molar-refractivity contribution is 7.47. The molecule has 24 nitrogen and oxygen atoms in total. The van der Waals surface area contributed by atoms with Crippen LogP contribution < -0.4 is 11.1 Å². The molecule has 3 aliphatic rings. The molecule has 0 saturated carbocycles. The number of aromatic nitrogens is 8. The standard InChI is InChI=1S/C20H22N8O14P2.2C6H15N/c29-11-7-1-37-43(33,34)41-13-8(40-19(12(13)30)27-5-25-9-15(27)21-3-23-17(9)31)2-38-44(35,36)42-14(11)20(39-7)28-6-26-10-16(28)22-4-24-18(10)32;2*1-4-7(5-2)6-3/h3-8,11-14,19-20,29-30H,1-2H2,(H,33,34)(H,35,36)(H,21,23,31)(H,22,24,32);2*4-6H2,1-3H3/t7-,8-,11-,12-,13-,14-,19-,20-;;/m1../s1. The van der Waals surface area contributed by atoms with E-state index < -0.39 is 89.1 Å². The number of fused-ring (bicyclic) bond motifs is 5. The van der Waals surface area contributed by atoms with Gasteiger partial charge in [-0.15, -0.1) is 0 Å². The van der Waals surface area contributed by atoms with Gasteiger partial charge in [-0.05, 0) is 39.3 Å². The van der Waals surface area contributed by atoms with E-state index in [9.17, 15) is 38.7 Å². The fourth-order valence-electron chi connectivity index (χ4n) is 6.55. The molecule has 0 aliphatic carbocycles. The fourth-order valence-corrected chi connectivity index (χ4v) is 8.45. The highest BCUT2D eigenvalue weighted by Gasteiger charge is 2.54. The van der Waals surface area contributed by atoms with Gasteiger partial charge in [0.15, 0.2) is 34.8 Å². The lowest BCUT2D eigenvalue weighted by Crippen LogP contribution is -2.36. The molecule has 0 spiro atoms. The number of phosphoric ester groups is 2. The monoisotopic (exact) mass is 862 g/mol. The molecular formula is C32H52N10O14P2. The Balaban J connectivity index is 0.000000393. The van der Waals surface area contributed by atoms with Gasteiger partial charge in [-0.2, -0.15) is 0 Å². The van der Waals surface area contributed by atoms with E-state index in [0.29, 0.717) is 0 Å². The summed E-state index contributed by atoms with van der Waals surface area (Å²) in [6, 6.07) is 0. The van der Waals surface area contributed by atoms with E-state index in [1.807, 2.05) is 0 Å². The lowest BCUT2D eigenvalue weighted by Gasteiger charge is -2.25. The summed E-state index contributed by atoms with van der Waals surface area (Å²) in [6.07, 6.45) is -8.28. The highest BCUT2D eigenvalue weighted by atomic mass is 31.2. The summed E-state index contributed by atoms with van der Waals surface area (Å²) in [4.78, 5) is 70.8. The van der Waals surface area contributed by atoms with E-state index in [1.165, 1.54) is 39.3 Å². The number of rotatable bonds is 8. The molecule has 4 aromatic heterocycles. The zero-order valence-electron chi connectivity index (χ0n) is 32.9. The number of aromatic amines is 2. The third kappa shape index (κ3) is 10.3. The molecule has 26 heteroatoms. The smallest absolute Gasteiger partial charge is 0.387 e. The van der Waals surface area contributed by atoms with E-state index in [2.05, 4.69) is 81.2 Å². The first-order chi connectivity index (χ1) is 27.6. The molecule has 58 heavy (non-hydrogen) atoms. The zero-order valence-corrected chi connectivity index (χ0v) is 34.7. The van der Waals surface area contributed by atoms with Crippen molar-refractivity contribution in [1.82, 2.24) is 48.8 Å². The number of aliphatic hydroxyl groups is 2. The minimum absolute atomic E-state index is 0.00984. The lowest BCUT2D eigenvalue weighted by molar-refractivity contribution is -0.0672. The Morgan fingerprint density at radius 3 is 1.52 bits per heavy atom. The normalized spacial score (nSPS) is 31.5. The second-order valence-corrected chi connectivity index (χ2v) is 15.9. The Morgan fingerprint density at radius 1 is 0.655 bits per heavy atom. The van der Waals surface area contributed by atoms with Gasteiger partial charge in [0.1, 0.15) is 36.6 Å². The Hall–Kier alpha value is -3.32. The number of H-pyrrole nitrogens is 2. The quantitative estimate of drug-likeness (QED) is 0.131. The highest BCUT2D eigenvalue weighted by Crippen LogP contribution is 2.53. The number of aliphatic hydroxyl groups excluding tert-OH is 2. The summed E-state index contributed by atoms with van der Waals surface area (Å²) in [7, 11) is -10.2. The fraction of sp³-hybridized carbons (Fsp3) is 0.688. The largest absolute Gasteiger partial charge is 0.472 e. The van der Waals surface area contributed by atoms with Gasteiger partial charge >= 0.3 is 15.6 Å². The molecule has 2 unspecified atom stereocenters. The van der Waals surface area contributed by atoms with Gasteiger partial charge in [0, 0.05) is 0 Å². The van der Waals surface area contributed by atoms with Crippen LogP contribution in [0.1, 0.15) is 54.0 Å². The van der Waals surface area contributed by atoms with Crippen molar-refractivity contribution >= 4 is 38.0 Å². The van der Waals surface area contributed by atoms with Gasteiger partial charge in [0.25, 0.3) is 11.1 Å². The Kier molecular flexibility index (Phi) is 15.6. The third-order valence-electron chi connectivity index (χ3n) is 9.90. The van der Waals surface area contributed by atoms with Crippen molar-refractivity contribution < 1.29 is 56.7 Å². The Morgan fingerprint density at radius 2 is 1.07 bits per heavy atom. The molecule has 0 aromatic carbocycles. The SMILES string of the molecule is CCN(CC)CC.CCN(CC)CC.O=c1[nH]cnc2c1ncn2[C@@H]1O[C@@H]2COP(=O)(O)O[C@@H]3[C@H](O)[C@@H](COP(=O)(O)O[C@H]2[C@H]1O)O[C@H]3n1cnc2c(=O)[nH]cnc21. The average molecular weight is 863 g/mol. The molecule has 10 atom stereocenters. The van der Waals surface area contributed by atoms with Crippen LogP contribution in [0.5, 0.6) is 0 Å². The molecule has 324 valence electrons. The maximum Gasteiger partial charge on any atom is 0.472 e. The van der Waals surface area contributed by atoms with Crippen molar-refractivity contribution in [2.24, 2.45) is 0 Å². The molecule has 7 heterocycles. The summed E-state index contributed by atoms with van der Waals surface area (Å²) in [5.41, 5.74) is -1.43. The predicted molar refractivity (Wildman–Crippen MR) is 204 cm³/mol. The van der Waals surface area contributed by atoms with Gasteiger partial charge in [0.2, 0.25) is 0 Å². The molecule has 0 amide bonds. The topological polar surface area (TPSA) is 304 Å². The molecule has 7 rings (SSSR count). The van der Waals surface area contributed by atoms with E-state index >= 15 is 0 Å². The van der Waals surface area contributed by atoms with Gasteiger partial charge in [0.05, 0.1) is 38.5 Å². The number of nitrogens with zero attached hydrogens (tertiary/aromatic N) is 8. The van der Waals surface area contributed by atoms with E-state index in [1.54, 1.807) is 0 Å². The molecule has 3 aliphatic heterocycles. The molecular weight excluding hydrogens is 810 g/mol. The minimum atomic E-state index is -5.10. The van der Waals surface area contributed by atoms with Crippen LogP contribution in [0.4, 0.5) is 0 Å². The molecule has 0 radical (unpaired) electrons. The molecule has 3 saturated heterocycles. The Labute approximate surface area is 332 Å². The second-order valence-electron chi connectivity index (χ2n) is 13.1. The van der Waals surface area contributed by atoms with Crippen molar-refractivity contribution in [3.63, 3.8) is 0 Å². The number of phosphoric acid groups is 2. The van der Waals surface area contributed by atoms with Crippen molar-refractivity contribution in [2.45, 2.75) is 90.6 Å². The summed E-state index contributed by atoms with van der Waals surface area (Å²) in [5.74, 6) is 0. The van der Waals surface area contributed by atoms with Gasteiger partial charge < -0.3 is 49.2 Å². The number of hydrogen-bond donors (Lipinski definition) is 6. The average Bonchev–Trinajstić information content (AvgIpc) is 3.97. The van der Waals surface area contributed by atoms with Crippen LogP contribution in [-0.2, 0) is 36.7 Å². The van der Waals surface area contributed by atoms with Crippen LogP contribution in [0.25, 0.3) is 22.3 Å². The van der Waals surface area contributed by atoms with Crippen LogP contribution in [0.2, 0.25) is 0 Å². The van der Waals surface area contributed by atoms with Crippen molar-refractivity contribution in [1.29, 1.82) is 0 Å². The second kappa shape index (κ2) is 19.8. The number of ether oxygens (including phenoxy) is 2. The number of nitrogens with one attached hydrogen (secondary N) is 2. The third-order valence-corrected chi connectivity index (χ3v) is 11.9. The molecule has 4 aromatic rings. The summed E-state index contributed by atoms with van der Waals surface area (Å²) in [6.45, 7) is 18.6. The number of imidazole rings is 2. The first-order valence-corrected chi connectivity index (χ1v) is 21.8.